The number of hydrogen-bond donors (Lipinski definition) is 2. The van der Waals surface area contributed by atoms with E-state index in [0.29, 0.717) is 33.8 Å². The van der Waals surface area contributed by atoms with Crippen LogP contribution in [0.15, 0.2) is 42.5 Å². The summed E-state index contributed by atoms with van der Waals surface area (Å²) in [5.41, 5.74) is 4.29. The van der Waals surface area contributed by atoms with E-state index in [1.54, 1.807) is 12.1 Å². The van der Waals surface area contributed by atoms with Crippen molar-refractivity contribution in [2.45, 2.75) is 77.7 Å². The number of urea groups is 1. The summed E-state index contributed by atoms with van der Waals surface area (Å²) in [6.07, 6.45) is 13.8. The van der Waals surface area contributed by atoms with E-state index < -0.39 is 0 Å². The Kier molecular flexibility index (Phi) is 9.38. The Balaban J connectivity index is 0.980. The summed E-state index contributed by atoms with van der Waals surface area (Å²) in [5, 5.41) is 12.6. The zero-order valence-corrected chi connectivity index (χ0v) is 26.6. The molecule has 0 saturated heterocycles. The fourth-order valence-electron chi connectivity index (χ4n) is 8.28. The summed E-state index contributed by atoms with van der Waals surface area (Å²) in [5.74, 6) is 5.20. The van der Waals surface area contributed by atoms with Gasteiger partial charge in [0.2, 0.25) is 0 Å². The van der Waals surface area contributed by atoms with Crippen molar-refractivity contribution < 1.29 is 4.79 Å². The molecule has 2 N–H and O–H groups in total. The standard InChI is InChI=1S/C34H41Cl3N4O/c1-21-31(40-41(32-12-11-28(36)19-30(32)37)33(21)24-7-9-27(35)10-8-24)20-39-34(42)38-13-5-3-2-4-6-29-25-15-22-14-23(17-25)18-26(29)16-22/h7-12,19,22-23,25-26,29H,2-6,13-18,20H2,1H3,(H2,38,39,42)/t22-,23+,25-,26+,29?. The number of aromatic nitrogens is 2. The Morgan fingerprint density at radius 2 is 1.52 bits per heavy atom. The number of unbranched alkanes of at least 4 members (excludes halogenated alkanes) is 3. The lowest BCUT2D eigenvalue weighted by Gasteiger charge is -2.54. The van der Waals surface area contributed by atoms with E-state index in [1.165, 1.54) is 57.8 Å². The van der Waals surface area contributed by atoms with Crippen LogP contribution in [0.25, 0.3) is 16.9 Å². The number of nitrogens with one attached hydrogen (secondary N) is 2. The smallest absolute Gasteiger partial charge is 0.315 e. The lowest BCUT2D eigenvalue weighted by Crippen LogP contribution is -2.44. The lowest BCUT2D eigenvalue weighted by atomic mass is 9.51. The van der Waals surface area contributed by atoms with Crippen molar-refractivity contribution in [3.63, 3.8) is 0 Å². The second kappa shape index (κ2) is 13.2. The van der Waals surface area contributed by atoms with Crippen LogP contribution >= 0.6 is 34.8 Å². The number of hydrogen-bond acceptors (Lipinski definition) is 2. The van der Waals surface area contributed by atoms with Gasteiger partial charge >= 0.3 is 6.03 Å². The van der Waals surface area contributed by atoms with Crippen molar-refractivity contribution in [3.05, 3.63) is 68.8 Å². The van der Waals surface area contributed by atoms with Crippen LogP contribution in [0.4, 0.5) is 4.79 Å². The molecule has 4 aliphatic rings. The Labute approximate surface area is 264 Å². The summed E-state index contributed by atoms with van der Waals surface area (Å²) in [6, 6.07) is 12.8. The number of amides is 2. The molecule has 4 fully saturated rings. The number of carbonyl (C=O) groups is 1. The Morgan fingerprint density at radius 1 is 0.857 bits per heavy atom. The van der Waals surface area contributed by atoms with Crippen LogP contribution in [0.5, 0.6) is 0 Å². The maximum absolute atomic E-state index is 12.6. The highest BCUT2D eigenvalue weighted by molar-refractivity contribution is 6.35. The third-order valence-electron chi connectivity index (χ3n) is 10.1. The summed E-state index contributed by atoms with van der Waals surface area (Å²) in [6.45, 7) is 3.00. The monoisotopic (exact) mass is 626 g/mol. The molecule has 8 heteroatoms. The first-order chi connectivity index (χ1) is 20.4. The molecular formula is C34H41Cl3N4O. The van der Waals surface area contributed by atoms with Crippen LogP contribution in [0.1, 0.15) is 75.5 Å². The second-order valence-corrected chi connectivity index (χ2v) is 14.1. The molecule has 0 atom stereocenters. The van der Waals surface area contributed by atoms with Gasteiger partial charge < -0.3 is 10.6 Å². The van der Waals surface area contributed by atoms with Gasteiger partial charge in [0.05, 0.1) is 28.6 Å². The van der Waals surface area contributed by atoms with Crippen LogP contribution in [0.2, 0.25) is 15.1 Å². The van der Waals surface area contributed by atoms with E-state index in [4.69, 9.17) is 39.9 Å². The molecule has 0 radical (unpaired) electrons. The number of benzene rings is 2. The van der Waals surface area contributed by atoms with Gasteiger partial charge in [-0.05, 0) is 112 Å². The maximum atomic E-state index is 12.6. The van der Waals surface area contributed by atoms with Crippen LogP contribution in [-0.4, -0.2) is 22.4 Å². The summed E-state index contributed by atoms with van der Waals surface area (Å²) >= 11 is 18.9. The van der Waals surface area contributed by atoms with Crippen molar-refractivity contribution in [3.8, 4) is 16.9 Å². The average molecular weight is 628 g/mol. The molecule has 4 aliphatic carbocycles. The first-order valence-electron chi connectivity index (χ1n) is 15.7. The summed E-state index contributed by atoms with van der Waals surface area (Å²) < 4.78 is 1.81. The topological polar surface area (TPSA) is 59.0 Å². The molecule has 2 amide bonds. The SMILES string of the molecule is Cc1c(CNC(=O)NCCCCCCC2[C@H]3C[C@@H]4C[C@@H](C[C@H]2C4)C3)nn(-c2ccc(Cl)cc2Cl)c1-c1ccc(Cl)cc1. The van der Waals surface area contributed by atoms with E-state index in [-0.39, 0.29) is 6.03 Å². The third-order valence-corrected chi connectivity index (χ3v) is 10.9. The van der Waals surface area contributed by atoms with E-state index in [9.17, 15) is 4.79 Å². The highest BCUT2D eigenvalue weighted by Gasteiger charge is 2.47. The quantitative estimate of drug-likeness (QED) is 0.208. The van der Waals surface area contributed by atoms with Gasteiger partial charge in [0.1, 0.15) is 0 Å². The highest BCUT2D eigenvalue weighted by atomic mass is 35.5. The molecule has 7 rings (SSSR count). The van der Waals surface area contributed by atoms with Crippen molar-refractivity contribution in [2.24, 2.45) is 29.6 Å². The van der Waals surface area contributed by atoms with Gasteiger partial charge in [0.25, 0.3) is 0 Å². The van der Waals surface area contributed by atoms with Gasteiger partial charge in [-0.25, -0.2) is 9.48 Å². The van der Waals surface area contributed by atoms with Gasteiger partial charge in [-0.1, -0.05) is 66.2 Å². The van der Waals surface area contributed by atoms with E-state index in [0.717, 1.165) is 58.5 Å². The minimum atomic E-state index is -0.171. The minimum Gasteiger partial charge on any atom is -0.338 e. The Bertz CT molecular complexity index is 1370. The van der Waals surface area contributed by atoms with Crippen LogP contribution in [0, 0.1) is 36.5 Å². The molecular weight excluding hydrogens is 587 g/mol. The number of carbonyl (C=O) groups excluding carboxylic acids is 1. The van der Waals surface area contributed by atoms with Gasteiger partial charge in [0.15, 0.2) is 0 Å². The fourth-order valence-corrected chi connectivity index (χ4v) is 8.89. The first-order valence-corrected chi connectivity index (χ1v) is 16.8. The van der Waals surface area contributed by atoms with Gasteiger partial charge in [0, 0.05) is 27.7 Å². The molecule has 1 heterocycles. The molecule has 2 aromatic carbocycles. The Morgan fingerprint density at radius 3 is 2.21 bits per heavy atom. The summed E-state index contributed by atoms with van der Waals surface area (Å²) in [7, 11) is 0. The number of halogens is 3. The zero-order valence-electron chi connectivity index (χ0n) is 24.4. The fraction of sp³-hybridized carbons (Fsp3) is 0.529. The molecule has 4 saturated carbocycles. The van der Waals surface area contributed by atoms with Crippen LogP contribution < -0.4 is 10.6 Å². The molecule has 3 aromatic rings. The maximum Gasteiger partial charge on any atom is 0.315 e. The van der Waals surface area contributed by atoms with E-state index >= 15 is 0 Å². The normalized spacial score (nSPS) is 24.2. The molecule has 1 aromatic heterocycles. The lowest BCUT2D eigenvalue weighted by molar-refractivity contribution is -0.0404. The second-order valence-electron chi connectivity index (χ2n) is 12.8. The Hall–Kier alpha value is -2.21. The number of nitrogens with zero attached hydrogens (tertiary/aromatic N) is 2. The minimum absolute atomic E-state index is 0.171. The predicted molar refractivity (Wildman–Crippen MR) is 173 cm³/mol. The molecule has 42 heavy (non-hydrogen) atoms. The van der Waals surface area contributed by atoms with Crippen molar-refractivity contribution in [1.82, 2.24) is 20.4 Å². The van der Waals surface area contributed by atoms with Crippen molar-refractivity contribution in [2.75, 3.05) is 6.54 Å². The molecule has 5 nitrogen and oxygen atoms in total. The largest absolute Gasteiger partial charge is 0.338 e. The number of rotatable bonds is 11. The van der Waals surface area contributed by atoms with Crippen LogP contribution in [0.3, 0.4) is 0 Å². The first kappa shape index (κ1) is 29.8. The van der Waals surface area contributed by atoms with Crippen LogP contribution in [-0.2, 0) is 6.54 Å². The molecule has 0 aliphatic heterocycles. The molecule has 4 bridgehead atoms. The zero-order chi connectivity index (χ0) is 29.2. The van der Waals surface area contributed by atoms with Gasteiger partial charge in [-0.3, -0.25) is 0 Å². The molecule has 224 valence electrons. The molecule has 0 unspecified atom stereocenters. The summed E-state index contributed by atoms with van der Waals surface area (Å²) in [4.78, 5) is 12.6. The predicted octanol–water partition coefficient (Wildman–Crippen LogP) is 9.63. The van der Waals surface area contributed by atoms with Crippen molar-refractivity contribution in [1.29, 1.82) is 0 Å². The molecule has 0 spiro atoms. The highest BCUT2D eigenvalue weighted by Crippen LogP contribution is 2.57. The average Bonchev–Trinajstić information content (AvgIpc) is 3.28. The third kappa shape index (κ3) is 6.64. The van der Waals surface area contributed by atoms with Gasteiger partial charge in [-0.15, -0.1) is 0 Å². The van der Waals surface area contributed by atoms with E-state index in [2.05, 4.69) is 10.6 Å². The van der Waals surface area contributed by atoms with Gasteiger partial charge in [-0.2, -0.15) is 5.10 Å². The van der Waals surface area contributed by atoms with E-state index in [1.807, 2.05) is 41.9 Å². The van der Waals surface area contributed by atoms with Crippen molar-refractivity contribution >= 4 is 40.8 Å².